The van der Waals surface area contributed by atoms with Gasteiger partial charge in [0.1, 0.15) is 5.60 Å². The Hall–Kier alpha value is -1.36. The number of hydrogen-bond acceptors (Lipinski definition) is 4. The van der Waals surface area contributed by atoms with Crippen LogP contribution in [0.1, 0.15) is 33.6 Å². The van der Waals surface area contributed by atoms with Crippen molar-refractivity contribution in [1.82, 2.24) is 4.90 Å². The Labute approximate surface area is 144 Å². The third kappa shape index (κ3) is 5.98. The summed E-state index contributed by atoms with van der Waals surface area (Å²) < 4.78 is 5.43. The SMILES string of the molecule is CSc1ccc(NCC2CCN(C(=O)OC(C)(C)C)CC2)cc1. The molecule has 0 aliphatic carbocycles. The van der Waals surface area contributed by atoms with Crippen LogP contribution in [0.25, 0.3) is 0 Å². The van der Waals surface area contributed by atoms with Crippen molar-refractivity contribution in [3.8, 4) is 0 Å². The van der Waals surface area contributed by atoms with E-state index in [1.165, 1.54) is 4.90 Å². The third-order valence-corrected chi connectivity index (χ3v) is 4.69. The largest absolute Gasteiger partial charge is 0.444 e. The van der Waals surface area contributed by atoms with Gasteiger partial charge < -0.3 is 15.0 Å². The maximum absolute atomic E-state index is 12.0. The summed E-state index contributed by atoms with van der Waals surface area (Å²) >= 11 is 1.75. The number of thioether (sulfide) groups is 1. The Balaban J connectivity index is 1.73. The molecule has 4 nitrogen and oxygen atoms in total. The van der Waals surface area contributed by atoms with Gasteiger partial charge in [-0.15, -0.1) is 11.8 Å². The Morgan fingerprint density at radius 1 is 1.26 bits per heavy atom. The smallest absolute Gasteiger partial charge is 0.410 e. The quantitative estimate of drug-likeness (QED) is 0.824. The number of nitrogens with zero attached hydrogens (tertiary/aromatic N) is 1. The molecule has 0 saturated carbocycles. The Bertz CT molecular complexity index is 503. The average Bonchev–Trinajstić information content (AvgIpc) is 2.52. The summed E-state index contributed by atoms with van der Waals surface area (Å²) in [5.41, 5.74) is 0.746. The molecule has 1 saturated heterocycles. The zero-order valence-electron chi connectivity index (χ0n) is 14.6. The van der Waals surface area contributed by atoms with Crippen molar-refractivity contribution in [2.24, 2.45) is 5.92 Å². The number of hydrogen-bond donors (Lipinski definition) is 1. The number of rotatable bonds is 4. The van der Waals surface area contributed by atoms with Gasteiger partial charge in [-0.25, -0.2) is 4.79 Å². The molecule has 1 aromatic rings. The van der Waals surface area contributed by atoms with Crippen molar-refractivity contribution >= 4 is 23.5 Å². The fourth-order valence-corrected chi connectivity index (χ4v) is 3.03. The number of piperidine rings is 1. The fraction of sp³-hybridized carbons (Fsp3) is 0.611. The van der Waals surface area contributed by atoms with Crippen molar-refractivity contribution in [3.63, 3.8) is 0 Å². The van der Waals surface area contributed by atoms with Gasteiger partial charge in [0.2, 0.25) is 0 Å². The lowest BCUT2D eigenvalue weighted by Gasteiger charge is -2.33. The Morgan fingerprint density at radius 2 is 1.87 bits per heavy atom. The monoisotopic (exact) mass is 336 g/mol. The highest BCUT2D eigenvalue weighted by Gasteiger charge is 2.26. The number of carbonyl (C=O) groups excluding carboxylic acids is 1. The summed E-state index contributed by atoms with van der Waals surface area (Å²) in [5.74, 6) is 0.605. The van der Waals surface area contributed by atoms with Gasteiger partial charge >= 0.3 is 6.09 Å². The molecule has 23 heavy (non-hydrogen) atoms. The molecule has 2 rings (SSSR count). The number of likely N-dealkylation sites (tertiary alicyclic amines) is 1. The molecule has 5 heteroatoms. The van der Waals surface area contributed by atoms with Crippen LogP contribution >= 0.6 is 11.8 Å². The topological polar surface area (TPSA) is 41.6 Å². The second-order valence-corrected chi connectivity index (χ2v) is 7.90. The molecule has 1 aliphatic heterocycles. The highest BCUT2D eigenvalue weighted by atomic mass is 32.2. The zero-order chi connectivity index (χ0) is 16.9. The lowest BCUT2D eigenvalue weighted by atomic mass is 9.97. The average molecular weight is 337 g/mol. The summed E-state index contributed by atoms with van der Waals surface area (Å²) in [4.78, 5) is 15.2. The second-order valence-electron chi connectivity index (χ2n) is 7.02. The molecule has 0 spiro atoms. The maximum Gasteiger partial charge on any atom is 0.410 e. The molecule has 1 fully saturated rings. The highest BCUT2D eigenvalue weighted by Crippen LogP contribution is 2.22. The van der Waals surface area contributed by atoms with E-state index in [2.05, 4.69) is 35.8 Å². The van der Waals surface area contributed by atoms with Crippen molar-refractivity contribution < 1.29 is 9.53 Å². The Kier molecular flexibility index (Phi) is 6.22. The molecule has 0 bridgehead atoms. The molecule has 128 valence electrons. The van der Waals surface area contributed by atoms with E-state index in [0.717, 1.165) is 38.2 Å². The molecule has 0 radical (unpaired) electrons. The van der Waals surface area contributed by atoms with Crippen LogP contribution in [0.5, 0.6) is 0 Å². The van der Waals surface area contributed by atoms with Crippen LogP contribution in [0.3, 0.4) is 0 Å². The number of benzene rings is 1. The molecule has 1 aliphatic rings. The summed E-state index contributed by atoms with van der Waals surface area (Å²) in [6.07, 6.45) is 3.95. The van der Waals surface area contributed by atoms with Crippen LogP contribution in [0.15, 0.2) is 29.2 Å². The minimum atomic E-state index is -0.418. The van der Waals surface area contributed by atoms with Gasteiger partial charge in [0, 0.05) is 30.2 Å². The summed E-state index contributed by atoms with van der Waals surface area (Å²) in [5, 5.41) is 3.50. The molecule has 0 unspecified atom stereocenters. The lowest BCUT2D eigenvalue weighted by Crippen LogP contribution is -2.42. The first-order chi connectivity index (χ1) is 10.9. The predicted molar refractivity (Wildman–Crippen MR) is 97.2 cm³/mol. The number of carbonyl (C=O) groups is 1. The van der Waals surface area contributed by atoms with Gasteiger partial charge in [-0.2, -0.15) is 0 Å². The fourth-order valence-electron chi connectivity index (χ4n) is 2.62. The standard InChI is InChI=1S/C18H28N2O2S/c1-18(2,3)22-17(21)20-11-9-14(10-12-20)13-19-15-5-7-16(23-4)8-6-15/h5-8,14,19H,9-13H2,1-4H3. The lowest BCUT2D eigenvalue weighted by molar-refractivity contribution is 0.0188. The van der Waals surface area contributed by atoms with Crippen LogP contribution in [-0.4, -0.2) is 42.5 Å². The van der Waals surface area contributed by atoms with Crippen LogP contribution in [-0.2, 0) is 4.74 Å². The van der Waals surface area contributed by atoms with Crippen LogP contribution in [0, 0.1) is 5.92 Å². The highest BCUT2D eigenvalue weighted by molar-refractivity contribution is 7.98. The zero-order valence-corrected chi connectivity index (χ0v) is 15.4. The van der Waals surface area contributed by atoms with Crippen molar-refractivity contribution in [2.45, 2.75) is 44.1 Å². The molecular formula is C18H28N2O2S. The first kappa shape index (κ1) is 18.0. The van der Waals surface area contributed by atoms with E-state index in [-0.39, 0.29) is 6.09 Å². The van der Waals surface area contributed by atoms with E-state index in [4.69, 9.17) is 4.74 Å². The summed E-state index contributed by atoms with van der Waals surface area (Å²) in [6.45, 7) is 8.25. The molecule has 0 atom stereocenters. The molecule has 1 amide bonds. The predicted octanol–water partition coefficient (Wildman–Crippen LogP) is 4.47. The van der Waals surface area contributed by atoms with Crippen molar-refractivity contribution in [2.75, 3.05) is 31.2 Å². The first-order valence-corrected chi connectivity index (χ1v) is 9.46. The van der Waals surface area contributed by atoms with Crippen LogP contribution in [0.4, 0.5) is 10.5 Å². The second kappa shape index (κ2) is 7.95. The summed E-state index contributed by atoms with van der Waals surface area (Å²) in [6, 6.07) is 8.53. The maximum atomic E-state index is 12.0. The molecule has 1 aromatic carbocycles. The van der Waals surface area contributed by atoms with Crippen LogP contribution in [0.2, 0.25) is 0 Å². The molecule has 0 aromatic heterocycles. The van der Waals surface area contributed by atoms with E-state index in [0.29, 0.717) is 5.92 Å². The van der Waals surface area contributed by atoms with E-state index < -0.39 is 5.60 Å². The van der Waals surface area contributed by atoms with Gasteiger partial charge in [-0.05, 0) is 70.1 Å². The van der Waals surface area contributed by atoms with Crippen LogP contribution < -0.4 is 5.32 Å². The van der Waals surface area contributed by atoms with Crippen molar-refractivity contribution in [3.05, 3.63) is 24.3 Å². The van der Waals surface area contributed by atoms with E-state index in [1.54, 1.807) is 11.8 Å². The van der Waals surface area contributed by atoms with Gasteiger partial charge in [0.25, 0.3) is 0 Å². The number of amides is 1. The van der Waals surface area contributed by atoms with E-state index in [9.17, 15) is 4.79 Å². The number of nitrogens with one attached hydrogen (secondary N) is 1. The van der Waals surface area contributed by atoms with Gasteiger partial charge in [0.15, 0.2) is 0 Å². The van der Waals surface area contributed by atoms with Crippen molar-refractivity contribution in [1.29, 1.82) is 0 Å². The van der Waals surface area contributed by atoms with E-state index in [1.807, 2.05) is 25.7 Å². The normalized spacial score (nSPS) is 16.3. The van der Waals surface area contributed by atoms with Gasteiger partial charge in [-0.1, -0.05) is 0 Å². The molecule has 1 heterocycles. The van der Waals surface area contributed by atoms with Gasteiger partial charge in [0.05, 0.1) is 0 Å². The van der Waals surface area contributed by atoms with E-state index >= 15 is 0 Å². The first-order valence-electron chi connectivity index (χ1n) is 8.23. The number of ether oxygens (including phenoxy) is 1. The summed E-state index contributed by atoms with van der Waals surface area (Å²) in [7, 11) is 0. The molecular weight excluding hydrogens is 308 g/mol. The third-order valence-electron chi connectivity index (χ3n) is 3.95. The number of anilines is 1. The Morgan fingerprint density at radius 3 is 2.39 bits per heavy atom. The minimum Gasteiger partial charge on any atom is -0.444 e. The molecule has 1 N–H and O–H groups in total. The van der Waals surface area contributed by atoms with Gasteiger partial charge in [-0.3, -0.25) is 0 Å². The minimum absolute atomic E-state index is 0.184.